The minimum Gasteiger partial charge on any atom is -0.481 e. The van der Waals surface area contributed by atoms with Crippen LogP contribution in [0.5, 0.6) is 0 Å². The van der Waals surface area contributed by atoms with Crippen LogP contribution in [0, 0.1) is 5.92 Å². The Hall–Kier alpha value is -3.39. The third kappa shape index (κ3) is 4.50. The number of fused-ring (bicyclic) bond motifs is 3. The molecule has 2 aromatic carbocycles. The van der Waals surface area contributed by atoms with Crippen molar-refractivity contribution in [3.8, 4) is 11.1 Å². The minimum absolute atomic E-state index is 0.0104. The number of alkyl carbamates (subject to hydrolysis) is 1. The van der Waals surface area contributed by atoms with Gasteiger partial charge in [-0.2, -0.15) is 0 Å². The summed E-state index contributed by atoms with van der Waals surface area (Å²) in [4.78, 5) is 39.5. The molecule has 2 N–H and O–H groups in total. The predicted octanol–water partition coefficient (Wildman–Crippen LogP) is 3.40. The van der Waals surface area contributed by atoms with Crippen LogP contribution in [0.15, 0.2) is 48.5 Å². The maximum atomic E-state index is 13.6. The molecule has 1 saturated carbocycles. The maximum Gasteiger partial charge on any atom is 0.408 e. The largest absolute Gasteiger partial charge is 0.481 e. The van der Waals surface area contributed by atoms with Crippen LogP contribution in [0.1, 0.15) is 43.2 Å². The number of aliphatic carboxylic acids is 1. The van der Waals surface area contributed by atoms with Gasteiger partial charge >= 0.3 is 12.1 Å². The third-order valence-corrected chi connectivity index (χ3v) is 7.44. The van der Waals surface area contributed by atoms with Crippen LogP contribution in [-0.4, -0.2) is 65.9 Å². The fourth-order valence-corrected chi connectivity index (χ4v) is 5.43. The summed E-state index contributed by atoms with van der Waals surface area (Å²) in [6, 6.07) is 15.7. The van der Waals surface area contributed by atoms with Crippen molar-refractivity contribution in [3.63, 3.8) is 0 Å². The number of rotatable bonds is 7. The molecule has 8 nitrogen and oxygen atoms in total. The fraction of sp³-hybridized carbons (Fsp3) is 0.444. The van der Waals surface area contributed by atoms with E-state index in [1.54, 1.807) is 11.8 Å². The molecular weight excluding hydrogens is 448 g/mol. The topological polar surface area (TPSA) is 105 Å². The van der Waals surface area contributed by atoms with Crippen molar-refractivity contribution >= 4 is 18.0 Å². The number of amides is 2. The third-order valence-electron chi connectivity index (χ3n) is 7.44. The molecule has 5 rings (SSSR count). The Bertz CT molecular complexity index is 1100. The number of carbonyl (C=O) groups is 3. The van der Waals surface area contributed by atoms with E-state index in [-0.39, 0.29) is 37.4 Å². The molecule has 8 heteroatoms. The van der Waals surface area contributed by atoms with E-state index in [1.807, 2.05) is 24.3 Å². The van der Waals surface area contributed by atoms with Gasteiger partial charge in [0.15, 0.2) is 0 Å². The summed E-state index contributed by atoms with van der Waals surface area (Å²) in [7, 11) is 0. The quantitative estimate of drug-likeness (QED) is 0.632. The summed E-state index contributed by atoms with van der Waals surface area (Å²) in [5, 5.41) is 12.1. The second kappa shape index (κ2) is 9.34. The molecule has 2 aliphatic carbocycles. The molecule has 1 aliphatic heterocycles. The molecular formula is C27H30N2O6. The van der Waals surface area contributed by atoms with Gasteiger partial charge in [-0.1, -0.05) is 48.5 Å². The van der Waals surface area contributed by atoms with Crippen molar-refractivity contribution in [2.24, 2.45) is 5.92 Å². The Balaban J connectivity index is 1.29. The van der Waals surface area contributed by atoms with E-state index in [0.717, 1.165) is 35.1 Å². The Labute approximate surface area is 204 Å². The second-order valence-corrected chi connectivity index (χ2v) is 9.75. The molecule has 0 spiro atoms. The average molecular weight is 479 g/mol. The standard InChI is InChI=1S/C27H30N2O6/c1-27(17-10-11-17,25(32)29-12-13-34-15-18(29)14-24(30)31)28-26(33)35-16-23-21-8-4-2-6-19(21)20-7-3-5-9-22(20)23/h2-9,17-18,23H,10-16H2,1H3,(H,28,33)(H,30,31). The number of morpholine rings is 1. The highest BCUT2D eigenvalue weighted by molar-refractivity contribution is 5.91. The molecule has 1 heterocycles. The lowest BCUT2D eigenvalue weighted by molar-refractivity contribution is -0.151. The first kappa shape index (κ1) is 23.4. The van der Waals surface area contributed by atoms with Crippen LogP contribution in [0.2, 0.25) is 0 Å². The zero-order valence-electron chi connectivity index (χ0n) is 19.7. The van der Waals surface area contributed by atoms with Crippen LogP contribution >= 0.6 is 0 Å². The maximum absolute atomic E-state index is 13.6. The van der Waals surface area contributed by atoms with Gasteiger partial charge in [-0.05, 0) is 47.9 Å². The predicted molar refractivity (Wildman–Crippen MR) is 128 cm³/mol. The highest BCUT2D eigenvalue weighted by atomic mass is 16.5. The van der Waals surface area contributed by atoms with Crippen LogP contribution in [0.4, 0.5) is 4.79 Å². The summed E-state index contributed by atoms with van der Waals surface area (Å²) in [5.41, 5.74) is 3.37. The molecule has 2 atom stereocenters. The molecule has 2 aromatic rings. The summed E-state index contributed by atoms with van der Waals surface area (Å²) in [6.07, 6.45) is 0.801. The number of nitrogens with one attached hydrogen (secondary N) is 1. The molecule has 1 saturated heterocycles. The van der Waals surface area contributed by atoms with Gasteiger partial charge in [0.1, 0.15) is 12.1 Å². The van der Waals surface area contributed by atoms with E-state index in [2.05, 4.69) is 29.6 Å². The van der Waals surface area contributed by atoms with E-state index in [9.17, 15) is 19.5 Å². The number of carboxylic acids is 1. The highest BCUT2D eigenvalue weighted by Crippen LogP contribution is 2.45. The first-order valence-electron chi connectivity index (χ1n) is 12.1. The summed E-state index contributed by atoms with van der Waals surface area (Å²) < 4.78 is 11.1. The van der Waals surface area contributed by atoms with Crippen molar-refractivity contribution in [1.29, 1.82) is 0 Å². The molecule has 2 fully saturated rings. The summed E-state index contributed by atoms with van der Waals surface area (Å²) in [6.45, 7) is 2.69. The summed E-state index contributed by atoms with van der Waals surface area (Å²) in [5.74, 6) is -1.35. The average Bonchev–Trinajstić information content (AvgIpc) is 3.66. The van der Waals surface area contributed by atoms with Gasteiger partial charge in [0.25, 0.3) is 0 Å². The van der Waals surface area contributed by atoms with Gasteiger partial charge in [-0.25, -0.2) is 4.79 Å². The fourth-order valence-electron chi connectivity index (χ4n) is 5.43. The monoisotopic (exact) mass is 478 g/mol. The van der Waals surface area contributed by atoms with E-state index in [4.69, 9.17) is 9.47 Å². The van der Waals surface area contributed by atoms with Crippen molar-refractivity contribution in [2.75, 3.05) is 26.4 Å². The summed E-state index contributed by atoms with van der Waals surface area (Å²) >= 11 is 0. The van der Waals surface area contributed by atoms with Crippen molar-refractivity contribution in [2.45, 2.75) is 43.7 Å². The lowest BCUT2D eigenvalue weighted by Crippen LogP contribution is -2.63. The van der Waals surface area contributed by atoms with Crippen molar-refractivity contribution in [3.05, 3.63) is 59.7 Å². The molecule has 0 aromatic heterocycles. The van der Waals surface area contributed by atoms with Crippen LogP contribution in [0.3, 0.4) is 0 Å². The Kier molecular flexibility index (Phi) is 6.23. The number of nitrogens with zero attached hydrogens (tertiary/aromatic N) is 1. The zero-order valence-corrected chi connectivity index (χ0v) is 19.7. The minimum atomic E-state index is -1.16. The molecule has 3 aliphatic rings. The Morgan fingerprint density at radius 2 is 1.71 bits per heavy atom. The first-order valence-corrected chi connectivity index (χ1v) is 12.1. The second-order valence-electron chi connectivity index (χ2n) is 9.75. The van der Waals surface area contributed by atoms with Gasteiger partial charge in [0.05, 0.1) is 25.7 Å². The first-order chi connectivity index (χ1) is 16.9. The number of hydrogen-bond donors (Lipinski definition) is 2. The number of benzene rings is 2. The molecule has 35 heavy (non-hydrogen) atoms. The van der Waals surface area contributed by atoms with Crippen molar-refractivity contribution < 1.29 is 29.0 Å². The van der Waals surface area contributed by atoms with Crippen LogP contribution in [-0.2, 0) is 19.1 Å². The number of hydrogen-bond acceptors (Lipinski definition) is 5. The van der Waals surface area contributed by atoms with E-state index in [1.165, 1.54) is 0 Å². The number of ether oxygens (including phenoxy) is 2. The normalized spacial score (nSPS) is 20.9. The van der Waals surface area contributed by atoms with Gasteiger partial charge in [0, 0.05) is 12.5 Å². The molecule has 2 amide bonds. The Morgan fingerprint density at radius 3 is 2.31 bits per heavy atom. The van der Waals surface area contributed by atoms with Gasteiger partial charge in [0.2, 0.25) is 5.91 Å². The van der Waals surface area contributed by atoms with Crippen molar-refractivity contribution in [1.82, 2.24) is 10.2 Å². The Morgan fingerprint density at radius 1 is 1.09 bits per heavy atom. The van der Waals surface area contributed by atoms with E-state index >= 15 is 0 Å². The smallest absolute Gasteiger partial charge is 0.408 e. The van der Waals surface area contributed by atoms with Gasteiger partial charge < -0.3 is 24.8 Å². The molecule has 184 valence electrons. The number of carbonyl (C=O) groups excluding carboxylic acids is 2. The lowest BCUT2D eigenvalue weighted by atomic mass is 9.92. The molecule has 2 unspecified atom stereocenters. The zero-order chi connectivity index (χ0) is 24.6. The van der Waals surface area contributed by atoms with Gasteiger partial charge in [-0.3, -0.25) is 9.59 Å². The lowest BCUT2D eigenvalue weighted by Gasteiger charge is -2.41. The highest BCUT2D eigenvalue weighted by Gasteiger charge is 2.51. The van der Waals surface area contributed by atoms with Gasteiger partial charge in [-0.15, -0.1) is 0 Å². The molecule has 0 bridgehead atoms. The van der Waals surface area contributed by atoms with E-state index < -0.39 is 23.6 Å². The number of carboxylic acid groups (broad SMARTS) is 1. The molecule has 0 radical (unpaired) electrons. The van der Waals surface area contributed by atoms with Crippen LogP contribution < -0.4 is 5.32 Å². The van der Waals surface area contributed by atoms with Crippen LogP contribution in [0.25, 0.3) is 11.1 Å². The SMILES string of the molecule is CC(NC(=O)OCC1c2ccccc2-c2ccccc21)(C(=O)N1CCOCC1CC(=O)O)C1CC1. The van der Waals surface area contributed by atoms with E-state index in [0.29, 0.717) is 13.2 Å².